The van der Waals surface area contributed by atoms with Crippen molar-refractivity contribution < 1.29 is 22.3 Å². The standard InChI is InChI=1S/C20H20ClFN2O4S2/c1-27-18-6-5-14(8-19(18)28-2)24-17-11-30(25,26)10-16(17)23-20(24)29-9-12-3-4-13(22)7-15(12)21/h3-8,16-17H,9-11H2,1-2H3/t16-,17-/m1/s1. The van der Waals surface area contributed by atoms with Gasteiger partial charge < -0.3 is 14.4 Å². The van der Waals surface area contributed by atoms with Gasteiger partial charge in [0.05, 0.1) is 37.8 Å². The number of hydrogen-bond donors (Lipinski definition) is 0. The van der Waals surface area contributed by atoms with Crippen molar-refractivity contribution in [3.63, 3.8) is 0 Å². The van der Waals surface area contributed by atoms with Crippen molar-refractivity contribution in [3.05, 3.63) is 52.8 Å². The molecule has 0 bridgehead atoms. The van der Waals surface area contributed by atoms with Gasteiger partial charge >= 0.3 is 0 Å². The molecule has 1 saturated heterocycles. The lowest BCUT2D eigenvalue weighted by molar-refractivity contribution is 0.355. The van der Waals surface area contributed by atoms with Crippen LogP contribution in [0.25, 0.3) is 0 Å². The van der Waals surface area contributed by atoms with E-state index >= 15 is 0 Å². The van der Waals surface area contributed by atoms with Gasteiger partial charge in [-0.05, 0) is 29.8 Å². The smallest absolute Gasteiger partial charge is 0.164 e. The SMILES string of the molecule is COc1ccc(N2C(SCc3ccc(F)cc3Cl)=N[C@@H]3CS(=O)(=O)C[C@H]32)cc1OC. The number of hydrogen-bond acceptors (Lipinski definition) is 7. The van der Waals surface area contributed by atoms with Crippen LogP contribution in [0.1, 0.15) is 5.56 Å². The fourth-order valence-electron chi connectivity index (χ4n) is 3.69. The summed E-state index contributed by atoms with van der Waals surface area (Å²) >= 11 is 7.60. The van der Waals surface area contributed by atoms with Gasteiger partial charge in [0.1, 0.15) is 5.82 Å². The molecule has 160 valence electrons. The first-order valence-corrected chi connectivity index (χ1v) is 12.4. The molecular weight excluding hydrogens is 451 g/mol. The monoisotopic (exact) mass is 470 g/mol. The van der Waals surface area contributed by atoms with Gasteiger partial charge in [-0.1, -0.05) is 29.4 Å². The van der Waals surface area contributed by atoms with E-state index < -0.39 is 15.7 Å². The first-order valence-electron chi connectivity index (χ1n) is 9.17. The Morgan fingerprint density at radius 3 is 2.63 bits per heavy atom. The van der Waals surface area contributed by atoms with E-state index in [2.05, 4.69) is 0 Å². The average molecular weight is 471 g/mol. The lowest BCUT2D eigenvalue weighted by atomic mass is 10.1. The third-order valence-electron chi connectivity index (χ3n) is 5.12. The number of rotatable bonds is 5. The number of anilines is 1. The molecule has 2 aromatic rings. The molecule has 2 heterocycles. The van der Waals surface area contributed by atoms with Crippen molar-refractivity contribution >= 4 is 44.1 Å². The normalized spacial score (nSPS) is 22.0. The molecule has 10 heteroatoms. The minimum absolute atomic E-state index is 0.0306. The van der Waals surface area contributed by atoms with E-state index in [-0.39, 0.29) is 23.6 Å². The Morgan fingerprint density at radius 1 is 1.17 bits per heavy atom. The predicted molar refractivity (Wildman–Crippen MR) is 118 cm³/mol. The highest BCUT2D eigenvalue weighted by atomic mass is 35.5. The van der Waals surface area contributed by atoms with Crippen molar-refractivity contribution in [1.29, 1.82) is 0 Å². The van der Waals surface area contributed by atoms with E-state index in [1.165, 1.54) is 23.9 Å². The lowest BCUT2D eigenvalue weighted by Gasteiger charge is -2.27. The molecule has 1 fully saturated rings. The Labute approximate surface area is 183 Å². The number of aliphatic imine (C=N–C) groups is 1. The molecule has 0 saturated carbocycles. The van der Waals surface area contributed by atoms with Crippen molar-refractivity contribution in [2.75, 3.05) is 30.6 Å². The van der Waals surface area contributed by atoms with Gasteiger partial charge in [-0.25, -0.2) is 12.8 Å². The number of sulfone groups is 1. The number of nitrogens with zero attached hydrogens (tertiary/aromatic N) is 2. The largest absolute Gasteiger partial charge is 0.493 e. The highest BCUT2D eigenvalue weighted by Gasteiger charge is 2.47. The second-order valence-corrected chi connectivity index (χ2v) is 10.6. The molecule has 4 rings (SSSR count). The summed E-state index contributed by atoms with van der Waals surface area (Å²) in [5.74, 6) is 1.29. The summed E-state index contributed by atoms with van der Waals surface area (Å²) in [6.07, 6.45) is 0. The van der Waals surface area contributed by atoms with Crippen LogP contribution in [-0.2, 0) is 15.6 Å². The molecular formula is C20H20ClFN2O4S2. The van der Waals surface area contributed by atoms with Crippen molar-refractivity contribution in [1.82, 2.24) is 0 Å². The number of benzene rings is 2. The Hall–Kier alpha value is -1.97. The van der Waals surface area contributed by atoms with Crippen molar-refractivity contribution in [3.8, 4) is 11.5 Å². The van der Waals surface area contributed by atoms with Gasteiger partial charge in [0.2, 0.25) is 0 Å². The molecule has 2 aliphatic heterocycles. The third kappa shape index (κ3) is 4.10. The second kappa shape index (κ2) is 8.28. The van der Waals surface area contributed by atoms with E-state index in [1.54, 1.807) is 26.4 Å². The Balaban J connectivity index is 1.65. The molecule has 0 N–H and O–H groups in total. The second-order valence-electron chi connectivity index (χ2n) is 7.06. The number of thioether (sulfide) groups is 1. The molecule has 0 spiro atoms. The molecule has 2 aliphatic rings. The maximum Gasteiger partial charge on any atom is 0.164 e. The van der Waals surface area contributed by atoms with Crippen LogP contribution in [0.3, 0.4) is 0 Å². The van der Waals surface area contributed by atoms with Gasteiger partial charge in [-0.2, -0.15) is 0 Å². The first-order chi connectivity index (χ1) is 14.3. The van der Waals surface area contributed by atoms with Gasteiger partial charge in [-0.3, -0.25) is 4.99 Å². The summed E-state index contributed by atoms with van der Waals surface area (Å²) in [5, 5.41) is 1.05. The molecule has 0 amide bonds. The Morgan fingerprint density at radius 2 is 1.93 bits per heavy atom. The summed E-state index contributed by atoms with van der Waals surface area (Å²) < 4.78 is 48.5. The van der Waals surface area contributed by atoms with E-state index in [0.717, 1.165) is 11.3 Å². The quantitative estimate of drug-likeness (QED) is 0.662. The van der Waals surface area contributed by atoms with E-state index in [9.17, 15) is 12.8 Å². The van der Waals surface area contributed by atoms with Crippen LogP contribution >= 0.6 is 23.4 Å². The van der Waals surface area contributed by atoms with Crippen LogP contribution < -0.4 is 14.4 Å². The summed E-state index contributed by atoms with van der Waals surface area (Å²) in [5.41, 5.74) is 1.55. The summed E-state index contributed by atoms with van der Waals surface area (Å²) in [4.78, 5) is 6.64. The van der Waals surface area contributed by atoms with Crippen LogP contribution in [0.2, 0.25) is 5.02 Å². The molecule has 2 aromatic carbocycles. The fraction of sp³-hybridized carbons (Fsp3) is 0.350. The maximum absolute atomic E-state index is 13.3. The number of halogens is 2. The molecule has 2 atom stereocenters. The van der Waals surface area contributed by atoms with Gasteiger partial charge in [0.25, 0.3) is 0 Å². The number of ether oxygens (including phenoxy) is 2. The van der Waals surface area contributed by atoms with E-state index in [1.807, 2.05) is 17.0 Å². The molecule has 0 unspecified atom stereocenters. The van der Waals surface area contributed by atoms with E-state index in [0.29, 0.717) is 27.4 Å². The Kier molecular flexibility index (Phi) is 5.87. The molecule has 0 radical (unpaired) electrons. The van der Waals surface area contributed by atoms with Crippen LogP contribution in [0.15, 0.2) is 41.4 Å². The topological polar surface area (TPSA) is 68.2 Å². The van der Waals surface area contributed by atoms with Crippen molar-refractivity contribution in [2.24, 2.45) is 4.99 Å². The highest BCUT2D eigenvalue weighted by Crippen LogP contribution is 2.39. The molecule has 0 aliphatic carbocycles. The van der Waals surface area contributed by atoms with Crippen LogP contribution in [-0.4, -0.2) is 51.4 Å². The number of amidine groups is 1. The fourth-order valence-corrected chi connectivity index (χ4v) is 6.97. The molecule has 6 nitrogen and oxygen atoms in total. The third-order valence-corrected chi connectivity index (χ3v) is 8.19. The van der Waals surface area contributed by atoms with Gasteiger partial charge in [0, 0.05) is 22.5 Å². The Bertz CT molecular complexity index is 1110. The number of fused-ring (bicyclic) bond motifs is 1. The molecule has 30 heavy (non-hydrogen) atoms. The van der Waals surface area contributed by atoms with Crippen LogP contribution in [0.5, 0.6) is 11.5 Å². The minimum atomic E-state index is -3.15. The predicted octanol–water partition coefficient (Wildman–Crippen LogP) is 3.77. The minimum Gasteiger partial charge on any atom is -0.493 e. The van der Waals surface area contributed by atoms with E-state index in [4.69, 9.17) is 26.1 Å². The summed E-state index contributed by atoms with van der Waals surface area (Å²) in [7, 11) is -0.0457. The van der Waals surface area contributed by atoms with Crippen LogP contribution in [0.4, 0.5) is 10.1 Å². The zero-order chi connectivity index (χ0) is 21.5. The summed E-state index contributed by atoms with van der Waals surface area (Å²) in [6, 6.07) is 9.14. The van der Waals surface area contributed by atoms with Gasteiger partial charge in [0.15, 0.2) is 26.5 Å². The van der Waals surface area contributed by atoms with Gasteiger partial charge in [-0.15, -0.1) is 0 Å². The summed E-state index contributed by atoms with van der Waals surface area (Å²) in [6.45, 7) is 0. The molecule has 0 aromatic heterocycles. The van der Waals surface area contributed by atoms with Crippen LogP contribution in [0, 0.1) is 5.82 Å². The zero-order valence-corrected chi connectivity index (χ0v) is 18.7. The first kappa shape index (κ1) is 21.3. The highest BCUT2D eigenvalue weighted by molar-refractivity contribution is 8.13. The lowest BCUT2D eigenvalue weighted by Crippen LogP contribution is -2.39. The maximum atomic E-state index is 13.3. The average Bonchev–Trinajstić information content (AvgIpc) is 3.17. The zero-order valence-electron chi connectivity index (χ0n) is 16.3. The number of methoxy groups -OCH3 is 2. The van der Waals surface area contributed by atoms with Crippen molar-refractivity contribution in [2.45, 2.75) is 17.8 Å².